The van der Waals surface area contributed by atoms with Crippen LogP contribution in [0.15, 0.2) is 20.8 Å². The summed E-state index contributed by atoms with van der Waals surface area (Å²) in [4.78, 5) is 47.6. The molecule has 0 spiro atoms. The van der Waals surface area contributed by atoms with Crippen molar-refractivity contribution in [2.45, 2.75) is 22.2 Å². The Labute approximate surface area is 214 Å². The van der Waals surface area contributed by atoms with Gasteiger partial charge >= 0.3 is 5.97 Å². The lowest BCUT2D eigenvalue weighted by molar-refractivity contribution is -0.150. The molecule has 35 heavy (non-hydrogen) atoms. The second kappa shape index (κ2) is 10.9. The molecule has 0 radical (unpaired) electrons. The third-order valence-corrected chi connectivity index (χ3v) is 8.85. The number of fused-ring (bicyclic) bond motifs is 1. The van der Waals surface area contributed by atoms with Gasteiger partial charge in [-0.3, -0.25) is 14.5 Å². The Morgan fingerprint density at radius 1 is 1.40 bits per heavy atom. The predicted octanol–water partition coefficient (Wildman–Crippen LogP) is -0.646. The minimum absolute atomic E-state index is 0.0384. The van der Waals surface area contributed by atoms with Crippen LogP contribution in [-0.4, -0.2) is 89.6 Å². The topological polar surface area (TPSA) is 212 Å². The maximum atomic E-state index is 12.9. The van der Waals surface area contributed by atoms with Gasteiger partial charge in [0.15, 0.2) is 9.47 Å². The number of hydrogen-bond donors (Lipinski definition) is 4. The number of carbonyl (C=O) groups excluding carboxylic acids is 2. The monoisotopic (exact) mass is 557 g/mol. The van der Waals surface area contributed by atoms with Gasteiger partial charge in [-0.1, -0.05) is 28.3 Å². The number of carboxylic acid groups (broad SMARTS) is 1. The maximum absolute atomic E-state index is 12.9. The Kier molecular flexibility index (Phi) is 7.85. The second-order valence-electron chi connectivity index (χ2n) is 6.99. The van der Waals surface area contributed by atoms with Crippen molar-refractivity contribution in [2.75, 3.05) is 30.9 Å². The van der Waals surface area contributed by atoms with Crippen LogP contribution in [0.5, 0.6) is 0 Å². The van der Waals surface area contributed by atoms with Crippen LogP contribution in [-0.2, 0) is 25.6 Å². The van der Waals surface area contributed by atoms with Gasteiger partial charge in [-0.2, -0.15) is 9.36 Å². The lowest BCUT2D eigenvalue weighted by Gasteiger charge is -2.49. The van der Waals surface area contributed by atoms with Crippen molar-refractivity contribution < 1.29 is 24.3 Å². The summed E-state index contributed by atoms with van der Waals surface area (Å²) in [6, 6.07) is -0.948. The van der Waals surface area contributed by atoms with Gasteiger partial charge in [-0.25, -0.2) is 4.79 Å². The molecule has 0 aliphatic carbocycles. The highest BCUT2D eigenvalue weighted by Gasteiger charge is 2.54. The first kappa shape index (κ1) is 25.3. The molecular weight excluding hydrogens is 539 g/mol. The predicted molar refractivity (Wildman–Crippen MR) is 131 cm³/mol. The van der Waals surface area contributed by atoms with Gasteiger partial charge in [-0.05, 0) is 12.1 Å². The number of aromatic nitrogens is 4. The summed E-state index contributed by atoms with van der Waals surface area (Å²) in [5, 5.41) is 24.6. The van der Waals surface area contributed by atoms with E-state index in [4.69, 9.17) is 16.3 Å². The van der Waals surface area contributed by atoms with Crippen molar-refractivity contribution in [3.05, 3.63) is 22.1 Å². The van der Waals surface area contributed by atoms with E-state index in [2.05, 4.69) is 30.0 Å². The average molecular weight is 558 g/mol. The molecule has 2 aromatic rings. The lowest BCUT2D eigenvalue weighted by Crippen LogP contribution is -2.71. The number of carboxylic acids is 1. The Balaban J connectivity index is 1.46. The number of nitrogens with one attached hydrogen (secondary N) is 1. The maximum Gasteiger partial charge on any atom is 0.352 e. The molecule has 2 atom stereocenters. The van der Waals surface area contributed by atoms with Crippen LogP contribution in [0.3, 0.4) is 0 Å². The van der Waals surface area contributed by atoms with E-state index in [1.807, 2.05) is 0 Å². The Morgan fingerprint density at radius 3 is 2.86 bits per heavy atom. The molecule has 2 aliphatic rings. The van der Waals surface area contributed by atoms with E-state index in [1.165, 1.54) is 46.9 Å². The van der Waals surface area contributed by atoms with Gasteiger partial charge in [0.2, 0.25) is 11.5 Å². The molecule has 4 rings (SSSR count). The van der Waals surface area contributed by atoms with Crippen molar-refractivity contribution in [1.29, 1.82) is 0 Å². The summed E-state index contributed by atoms with van der Waals surface area (Å²) >= 11 is 4.99. The number of nitrogens with two attached hydrogens (primary N) is 2. The zero-order valence-corrected chi connectivity index (χ0v) is 21.3. The normalized spacial score (nSPS) is 19.9. The number of hydrogen-bond acceptors (Lipinski definition) is 15. The van der Waals surface area contributed by atoms with Crippen molar-refractivity contribution >= 4 is 75.0 Å². The van der Waals surface area contributed by atoms with Crippen LogP contribution in [0, 0.1) is 0 Å². The number of β-lactam (4-membered cyclic amide) rings is 1. The third-order valence-electron chi connectivity index (χ3n) is 4.76. The smallest absolute Gasteiger partial charge is 0.352 e. The molecular formula is C17H19N9O5S4. The SMILES string of the molecule is CON=C(C(=O)NC1C(=O)N2C(C(=O)O)=C(CSc3nnc(CCN)s3)CS[C@H]12)c1nsc(N)n1. The van der Waals surface area contributed by atoms with Gasteiger partial charge in [0.25, 0.3) is 11.8 Å². The van der Waals surface area contributed by atoms with Gasteiger partial charge in [-0.15, -0.1) is 22.0 Å². The Hall–Kier alpha value is -2.80. The van der Waals surface area contributed by atoms with Crippen molar-refractivity contribution in [3.63, 3.8) is 0 Å². The van der Waals surface area contributed by atoms with Gasteiger partial charge in [0.1, 0.15) is 29.2 Å². The summed E-state index contributed by atoms with van der Waals surface area (Å²) in [6.07, 6.45) is 0.622. The molecule has 1 fully saturated rings. The van der Waals surface area contributed by atoms with Crippen molar-refractivity contribution in [3.8, 4) is 0 Å². The van der Waals surface area contributed by atoms with Crippen molar-refractivity contribution in [1.82, 2.24) is 29.8 Å². The Bertz CT molecular complexity index is 1210. The number of anilines is 1. The standard InChI is InChI=1S/C17H19N9O5S4/c1-31-24-8(11-21-16(19)35-25-11)12(27)20-9-13(28)26-10(15(29)30)6(4-32-14(9)26)5-33-17-23-22-7(34-17)2-3-18/h9,14H,2-5,18H2,1H3,(H,20,27)(H,29,30)(H2,19,21,25)/t9?,14-/m1/s1. The van der Waals surface area contributed by atoms with E-state index in [-0.39, 0.29) is 22.4 Å². The molecule has 1 unspecified atom stereocenters. The number of rotatable bonds is 10. The fourth-order valence-electron chi connectivity index (χ4n) is 3.28. The molecule has 4 heterocycles. The molecule has 186 valence electrons. The van der Waals surface area contributed by atoms with Crippen LogP contribution >= 0.6 is 46.4 Å². The summed E-state index contributed by atoms with van der Waals surface area (Å²) in [7, 11) is 1.25. The van der Waals surface area contributed by atoms with E-state index in [0.717, 1.165) is 16.5 Å². The van der Waals surface area contributed by atoms with E-state index in [1.54, 1.807) is 0 Å². The average Bonchev–Trinajstić information content (AvgIpc) is 3.47. The summed E-state index contributed by atoms with van der Waals surface area (Å²) < 4.78 is 4.63. The van der Waals surface area contributed by atoms with Crippen molar-refractivity contribution in [2.24, 2.45) is 10.9 Å². The molecule has 2 aromatic heterocycles. The largest absolute Gasteiger partial charge is 0.477 e. The van der Waals surface area contributed by atoms with Gasteiger partial charge in [0, 0.05) is 29.5 Å². The first-order chi connectivity index (χ1) is 16.8. The molecule has 0 saturated carbocycles. The number of oxime groups is 1. The zero-order valence-electron chi connectivity index (χ0n) is 18.0. The quantitative estimate of drug-likeness (QED) is 0.124. The van der Waals surface area contributed by atoms with E-state index < -0.39 is 29.2 Å². The van der Waals surface area contributed by atoms with Crippen LogP contribution < -0.4 is 16.8 Å². The highest BCUT2D eigenvalue weighted by atomic mass is 32.2. The highest BCUT2D eigenvalue weighted by molar-refractivity contribution is 8.01. The number of thioether (sulfide) groups is 2. The lowest BCUT2D eigenvalue weighted by atomic mass is 10.0. The highest BCUT2D eigenvalue weighted by Crippen LogP contribution is 2.41. The van der Waals surface area contributed by atoms with E-state index in [9.17, 15) is 19.5 Å². The third kappa shape index (κ3) is 5.25. The molecule has 2 amide bonds. The zero-order chi connectivity index (χ0) is 25.1. The molecule has 0 bridgehead atoms. The molecule has 14 nitrogen and oxygen atoms in total. The van der Waals surface area contributed by atoms with Gasteiger partial charge in [0.05, 0.1) is 0 Å². The summed E-state index contributed by atoms with van der Waals surface area (Å²) in [6.45, 7) is 0.466. The number of amides is 2. The first-order valence-corrected chi connectivity index (χ1v) is 13.5. The number of nitrogen functional groups attached to an aromatic ring is 1. The van der Waals surface area contributed by atoms with Crippen LogP contribution in [0.4, 0.5) is 5.13 Å². The summed E-state index contributed by atoms with van der Waals surface area (Å²) in [5.41, 5.74) is 11.4. The fourth-order valence-corrected chi connectivity index (χ4v) is 7.11. The number of nitrogens with zero attached hydrogens (tertiary/aromatic N) is 6. The first-order valence-electron chi connectivity index (χ1n) is 9.90. The van der Waals surface area contributed by atoms with Crippen LogP contribution in [0.1, 0.15) is 10.8 Å². The van der Waals surface area contributed by atoms with Crippen LogP contribution in [0.2, 0.25) is 0 Å². The minimum atomic E-state index is -1.21. The number of carbonyl (C=O) groups is 3. The molecule has 0 aromatic carbocycles. The second-order valence-corrected chi connectivity index (χ2v) is 11.2. The van der Waals surface area contributed by atoms with E-state index >= 15 is 0 Å². The van der Waals surface area contributed by atoms with Gasteiger partial charge < -0.3 is 26.7 Å². The fraction of sp³-hybridized carbons (Fsp3) is 0.412. The molecule has 2 aliphatic heterocycles. The molecule has 18 heteroatoms. The Morgan fingerprint density at radius 2 is 2.20 bits per heavy atom. The molecule has 1 saturated heterocycles. The minimum Gasteiger partial charge on any atom is -0.477 e. The summed E-state index contributed by atoms with van der Waals surface area (Å²) in [5.74, 6) is -1.83. The number of aliphatic carboxylic acids is 1. The molecule has 6 N–H and O–H groups in total. The van der Waals surface area contributed by atoms with E-state index in [0.29, 0.717) is 34.4 Å². The van der Waals surface area contributed by atoms with Crippen LogP contribution in [0.25, 0.3) is 0 Å².